The molecule has 30 heavy (non-hydrogen) atoms. The minimum Gasteiger partial charge on any atom is -0.372 e. The molecular formula is C24H32N4O2. The van der Waals surface area contributed by atoms with Crippen LogP contribution in [0.1, 0.15) is 45.1 Å². The van der Waals surface area contributed by atoms with Crippen molar-refractivity contribution in [3.8, 4) is 0 Å². The Balaban J connectivity index is 1.61. The second-order valence-electron chi connectivity index (χ2n) is 7.76. The van der Waals surface area contributed by atoms with Crippen molar-refractivity contribution in [1.82, 2.24) is 10.6 Å². The number of rotatable bonds is 8. The molecule has 0 spiro atoms. The molecule has 160 valence electrons. The summed E-state index contributed by atoms with van der Waals surface area (Å²) < 4.78 is 0. The van der Waals surface area contributed by atoms with Crippen LogP contribution in [-0.4, -0.2) is 30.6 Å². The summed E-state index contributed by atoms with van der Waals surface area (Å²) in [6.07, 6.45) is 3.14. The highest BCUT2D eigenvalue weighted by atomic mass is 16.2. The third kappa shape index (κ3) is 5.32. The molecule has 0 atom stereocenters. The normalized spacial score (nSPS) is 14.7. The smallest absolute Gasteiger partial charge is 0.315 e. The van der Waals surface area contributed by atoms with Crippen molar-refractivity contribution < 1.29 is 9.59 Å². The summed E-state index contributed by atoms with van der Waals surface area (Å²) in [6, 6.07) is 17.3. The quantitative estimate of drug-likeness (QED) is 0.610. The molecule has 3 amide bonds. The number of hydrogen-bond acceptors (Lipinski definition) is 3. The van der Waals surface area contributed by atoms with E-state index in [1.54, 1.807) is 0 Å². The van der Waals surface area contributed by atoms with E-state index in [2.05, 4.69) is 34.7 Å². The van der Waals surface area contributed by atoms with E-state index in [9.17, 15) is 9.59 Å². The molecule has 0 radical (unpaired) electrons. The summed E-state index contributed by atoms with van der Waals surface area (Å²) >= 11 is 0. The van der Waals surface area contributed by atoms with Gasteiger partial charge in [0.05, 0.1) is 0 Å². The van der Waals surface area contributed by atoms with Gasteiger partial charge < -0.3 is 20.9 Å². The lowest BCUT2D eigenvalue weighted by Gasteiger charge is -2.29. The van der Waals surface area contributed by atoms with Crippen LogP contribution >= 0.6 is 0 Å². The third-order valence-corrected chi connectivity index (χ3v) is 5.79. The second-order valence-corrected chi connectivity index (χ2v) is 7.76. The number of benzene rings is 2. The van der Waals surface area contributed by atoms with E-state index in [0.29, 0.717) is 19.4 Å². The molecule has 0 bridgehead atoms. The first-order valence-electron chi connectivity index (χ1n) is 10.8. The molecule has 6 heteroatoms. The first-order chi connectivity index (χ1) is 14.6. The van der Waals surface area contributed by atoms with Gasteiger partial charge in [-0.15, -0.1) is 0 Å². The number of carbonyl (C=O) groups excluding carboxylic acids is 2. The summed E-state index contributed by atoms with van der Waals surface area (Å²) in [5.41, 5.74) is 2.03. The fourth-order valence-electron chi connectivity index (χ4n) is 4.02. The minimum absolute atomic E-state index is 0.148. The van der Waals surface area contributed by atoms with Gasteiger partial charge in [-0.3, -0.25) is 4.79 Å². The standard InChI is InChI=1S/C24H32N4O2/c1-3-28(4-2)21-14-12-20(13-15-21)26-22(29)24(16-8-9-17-24)27-23(30)25-18-19-10-6-5-7-11-19/h5-7,10-15H,3-4,8-9,16-18H2,1-2H3,(H,26,29)(H2,25,27,30). The van der Waals surface area contributed by atoms with Crippen LogP contribution in [0.2, 0.25) is 0 Å². The zero-order valence-electron chi connectivity index (χ0n) is 17.9. The van der Waals surface area contributed by atoms with Crippen LogP contribution in [0.4, 0.5) is 16.2 Å². The molecule has 3 N–H and O–H groups in total. The summed E-state index contributed by atoms with van der Waals surface area (Å²) in [4.78, 5) is 27.9. The Hall–Kier alpha value is -3.02. The molecule has 3 rings (SSSR count). The highest BCUT2D eigenvalue weighted by Gasteiger charge is 2.42. The lowest BCUT2D eigenvalue weighted by Crippen LogP contribution is -2.57. The van der Waals surface area contributed by atoms with Gasteiger partial charge in [0.1, 0.15) is 5.54 Å². The van der Waals surface area contributed by atoms with E-state index in [-0.39, 0.29) is 11.9 Å². The van der Waals surface area contributed by atoms with Crippen molar-refractivity contribution in [3.05, 3.63) is 60.2 Å². The van der Waals surface area contributed by atoms with Gasteiger partial charge in [0, 0.05) is 31.0 Å². The van der Waals surface area contributed by atoms with E-state index < -0.39 is 5.54 Å². The van der Waals surface area contributed by atoms with Crippen molar-refractivity contribution in [1.29, 1.82) is 0 Å². The van der Waals surface area contributed by atoms with Crippen molar-refractivity contribution in [3.63, 3.8) is 0 Å². The van der Waals surface area contributed by atoms with Gasteiger partial charge in [0.25, 0.3) is 0 Å². The fraction of sp³-hybridized carbons (Fsp3) is 0.417. The third-order valence-electron chi connectivity index (χ3n) is 5.79. The van der Waals surface area contributed by atoms with Crippen molar-refractivity contribution >= 4 is 23.3 Å². The maximum absolute atomic E-state index is 13.1. The molecule has 1 aliphatic carbocycles. The first-order valence-corrected chi connectivity index (χ1v) is 10.8. The summed E-state index contributed by atoms with van der Waals surface area (Å²) in [7, 11) is 0. The summed E-state index contributed by atoms with van der Waals surface area (Å²) in [5.74, 6) is -0.148. The number of carbonyl (C=O) groups is 2. The maximum atomic E-state index is 13.1. The van der Waals surface area contributed by atoms with Crippen LogP contribution < -0.4 is 20.9 Å². The number of nitrogens with one attached hydrogen (secondary N) is 3. The molecule has 1 aliphatic rings. The molecule has 2 aromatic rings. The van der Waals surface area contributed by atoms with Crippen LogP contribution in [0, 0.1) is 0 Å². The lowest BCUT2D eigenvalue weighted by atomic mass is 9.96. The first kappa shape index (κ1) is 21.7. The van der Waals surface area contributed by atoms with Gasteiger partial charge in [-0.25, -0.2) is 4.79 Å². The highest BCUT2D eigenvalue weighted by molar-refractivity contribution is 6.00. The Morgan fingerprint density at radius 1 is 0.933 bits per heavy atom. The zero-order chi connectivity index (χ0) is 21.4. The fourth-order valence-corrected chi connectivity index (χ4v) is 4.02. The molecule has 0 aliphatic heterocycles. The van der Waals surface area contributed by atoms with E-state index >= 15 is 0 Å². The van der Waals surface area contributed by atoms with Gasteiger partial charge >= 0.3 is 6.03 Å². The molecular weight excluding hydrogens is 376 g/mol. The van der Waals surface area contributed by atoms with Crippen molar-refractivity contribution in [2.75, 3.05) is 23.3 Å². The molecule has 6 nitrogen and oxygen atoms in total. The number of amides is 3. The SMILES string of the molecule is CCN(CC)c1ccc(NC(=O)C2(NC(=O)NCc3ccccc3)CCCC2)cc1. The van der Waals surface area contributed by atoms with Crippen LogP contribution in [0.25, 0.3) is 0 Å². The summed E-state index contributed by atoms with van der Waals surface area (Å²) in [6.45, 7) is 6.55. The Morgan fingerprint density at radius 3 is 2.17 bits per heavy atom. The molecule has 1 saturated carbocycles. The monoisotopic (exact) mass is 408 g/mol. The Bertz CT molecular complexity index is 826. The maximum Gasteiger partial charge on any atom is 0.315 e. The topological polar surface area (TPSA) is 73.5 Å². The molecule has 0 aromatic heterocycles. The molecule has 2 aromatic carbocycles. The lowest BCUT2D eigenvalue weighted by molar-refractivity contribution is -0.121. The van der Waals surface area contributed by atoms with E-state index in [0.717, 1.165) is 42.9 Å². The predicted molar refractivity (Wildman–Crippen MR) is 122 cm³/mol. The molecule has 0 unspecified atom stereocenters. The van der Waals surface area contributed by atoms with Crippen LogP contribution in [0.3, 0.4) is 0 Å². The minimum atomic E-state index is -0.863. The number of nitrogens with zero attached hydrogens (tertiary/aromatic N) is 1. The van der Waals surface area contributed by atoms with Gasteiger partial charge in [0.2, 0.25) is 5.91 Å². The molecule has 0 heterocycles. The van der Waals surface area contributed by atoms with Gasteiger partial charge in [-0.05, 0) is 56.5 Å². The average Bonchev–Trinajstić information content (AvgIpc) is 3.25. The van der Waals surface area contributed by atoms with Crippen LogP contribution in [0.15, 0.2) is 54.6 Å². The number of hydrogen-bond donors (Lipinski definition) is 3. The second kappa shape index (κ2) is 10.1. The zero-order valence-corrected chi connectivity index (χ0v) is 17.9. The number of anilines is 2. The predicted octanol–water partition coefficient (Wildman–Crippen LogP) is 4.28. The van der Waals surface area contributed by atoms with Gasteiger partial charge in [-0.1, -0.05) is 43.2 Å². The highest BCUT2D eigenvalue weighted by Crippen LogP contribution is 2.31. The molecule has 0 saturated heterocycles. The van der Waals surface area contributed by atoms with Crippen molar-refractivity contribution in [2.45, 2.75) is 51.6 Å². The number of urea groups is 1. The van der Waals surface area contributed by atoms with Gasteiger partial charge in [-0.2, -0.15) is 0 Å². The van der Waals surface area contributed by atoms with E-state index in [1.165, 1.54) is 0 Å². The van der Waals surface area contributed by atoms with E-state index in [1.807, 2.05) is 54.6 Å². The molecule has 1 fully saturated rings. The van der Waals surface area contributed by atoms with Crippen LogP contribution in [0.5, 0.6) is 0 Å². The Kier molecular flexibility index (Phi) is 7.33. The van der Waals surface area contributed by atoms with Crippen molar-refractivity contribution in [2.24, 2.45) is 0 Å². The largest absolute Gasteiger partial charge is 0.372 e. The Morgan fingerprint density at radius 2 is 1.57 bits per heavy atom. The summed E-state index contributed by atoms with van der Waals surface area (Å²) in [5, 5.41) is 8.83. The van der Waals surface area contributed by atoms with Crippen LogP contribution in [-0.2, 0) is 11.3 Å². The van der Waals surface area contributed by atoms with Gasteiger partial charge in [0.15, 0.2) is 0 Å². The Labute approximate surface area is 179 Å². The average molecular weight is 409 g/mol. The van der Waals surface area contributed by atoms with E-state index in [4.69, 9.17) is 0 Å².